The first-order valence-electron chi connectivity index (χ1n) is 8.67. The van der Waals surface area contributed by atoms with Crippen LogP contribution in [0, 0.1) is 0 Å². The number of hydrogen-bond donors (Lipinski definition) is 1. The molecular formula is C21H17BrN2O2S. The normalized spacial score (nSPS) is 11.0. The van der Waals surface area contributed by atoms with Gasteiger partial charge in [-0.3, -0.25) is 0 Å². The molecule has 136 valence electrons. The summed E-state index contributed by atoms with van der Waals surface area (Å²) in [5.41, 5.74) is 4.15. The van der Waals surface area contributed by atoms with E-state index in [-0.39, 0.29) is 5.63 Å². The predicted octanol–water partition coefficient (Wildman–Crippen LogP) is 6.38. The summed E-state index contributed by atoms with van der Waals surface area (Å²) >= 11 is 4.98. The molecule has 1 N–H and O–H groups in total. The van der Waals surface area contributed by atoms with Gasteiger partial charge < -0.3 is 9.73 Å². The van der Waals surface area contributed by atoms with Crippen molar-refractivity contribution in [2.45, 2.75) is 19.8 Å². The predicted molar refractivity (Wildman–Crippen MR) is 115 cm³/mol. The van der Waals surface area contributed by atoms with Gasteiger partial charge >= 0.3 is 5.63 Å². The van der Waals surface area contributed by atoms with Crippen molar-refractivity contribution in [1.29, 1.82) is 0 Å². The SMILES string of the molecule is CCCc1cc(=O)oc2cc(Nc3nc(-c4ccc(Br)cc4)cs3)ccc12. The van der Waals surface area contributed by atoms with Crippen molar-refractivity contribution in [3.8, 4) is 11.3 Å². The van der Waals surface area contributed by atoms with E-state index in [1.54, 1.807) is 6.07 Å². The Morgan fingerprint density at radius 2 is 1.96 bits per heavy atom. The van der Waals surface area contributed by atoms with Gasteiger partial charge in [-0.2, -0.15) is 0 Å². The molecule has 0 radical (unpaired) electrons. The highest BCUT2D eigenvalue weighted by Crippen LogP contribution is 2.29. The fourth-order valence-electron chi connectivity index (χ4n) is 2.99. The maximum atomic E-state index is 11.8. The Kier molecular flexibility index (Phi) is 5.09. The van der Waals surface area contributed by atoms with Gasteiger partial charge in [0.25, 0.3) is 0 Å². The van der Waals surface area contributed by atoms with Crippen LogP contribution in [-0.2, 0) is 6.42 Å². The average molecular weight is 441 g/mol. The van der Waals surface area contributed by atoms with Crippen molar-refractivity contribution in [2.75, 3.05) is 5.32 Å². The summed E-state index contributed by atoms with van der Waals surface area (Å²) in [6.07, 6.45) is 1.84. The molecule has 4 aromatic rings. The standard InChI is InChI=1S/C21H17BrN2O2S/c1-2-3-14-10-20(25)26-19-11-16(8-9-17(14)19)23-21-24-18(12-27-21)13-4-6-15(22)7-5-13/h4-12H,2-3H2,1H3,(H,23,24). The van der Waals surface area contributed by atoms with E-state index >= 15 is 0 Å². The summed E-state index contributed by atoms with van der Waals surface area (Å²) in [6, 6.07) is 15.5. The largest absolute Gasteiger partial charge is 0.423 e. The zero-order valence-corrected chi connectivity index (χ0v) is 17.1. The van der Waals surface area contributed by atoms with E-state index in [9.17, 15) is 4.79 Å². The lowest BCUT2D eigenvalue weighted by molar-refractivity contribution is 0.559. The van der Waals surface area contributed by atoms with Gasteiger partial charge in [0, 0.05) is 38.6 Å². The van der Waals surface area contributed by atoms with Crippen molar-refractivity contribution in [1.82, 2.24) is 4.98 Å². The Morgan fingerprint density at radius 3 is 2.74 bits per heavy atom. The van der Waals surface area contributed by atoms with Crippen molar-refractivity contribution in [3.63, 3.8) is 0 Å². The van der Waals surface area contributed by atoms with Crippen LogP contribution in [0.15, 0.2) is 67.6 Å². The number of halogens is 1. The van der Waals surface area contributed by atoms with Crippen LogP contribution >= 0.6 is 27.3 Å². The van der Waals surface area contributed by atoms with Gasteiger partial charge in [0.05, 0.1) is 5.69 Å². The Bertz CT molecular complexity index is 1150. The van der Waals surface area contributed by atoms with Crippen LogP contribution in [0.3, 0.4) is 0 Å². The minimum atomic E-state index is -0.310. The highest BCUT2D eigenvalue weighted by molar-refractivity contribution is 9.10. The number of benzene rings is 2. The molecule has 0 unspecified atom stereocenters. The van der Waals surface area contributed by atoms with E-state index in [1.165, 1.54) is 11.3 Å². The van der Waals surface area contributed by atoms with Crippen LogP contribution in [0.25, 0.3) is 22.2 Å². The zero-order chi connectivity index (χ0) is 18.8. The number of anilines is 2. The molecule has 0 saturated carbocycles. The second kappa shape index (κ2) is 7.66. The number of rotatable bonds is 5. The smallest absolute Gasteiger partial charge is 0.336 e. The van der Waals surface area contributed by atoms with Gasteiger partial charge in [0.15, 0.2) is 5.13 Å². The molecule has 0 amide bonds. The highest BCUT2D eigenvalue weighted by Gasteiger charge is 2.08. The van der Waals surface area contributed by atoms with Gasteiger partial charge in [-0.25, -0.2) is 9.78 Å². The lowest BCUT2D eigenvalue weighted by atomic mass is 10.1. The summed E-state index contributed by atoms with van der Waals surface area (Å²) in [5, 5.41) is 7.10. The zero-order valence-electron chi connectivity index (χ0n) is 14.7. The Balaban J connectivity index is 1.62. The highest BCUT2D eigenvalue weighted by atomic mass is 79.9. The number of thiazole rings is 1. The second-order valence-electron chi connectivity index (χ2n) is 6.22. The van der Waals surface area contributed by atoms with Crippen molar-refractivity contribution in [3.05, 3.63) is 74.4 Å². The molecule has 0 bridgehead atoms. The lowest BCUT2D eigenvalue weighted by Crippen LogP contribution is -2.01. The molecule has 6 heteroatoms. The summed E-state index contributed by atoms with van der Waals surface area (Å²) < 4.78 is 6.44. The summed E-state index contributed by atoms with van der Waals surface area (Å²) in [7, 11) is 0. The van der Waals surface area contributed by atoms with Crippen LogP contribution in [0.4, 0.5) is 10.8 Å². The molecule has 0 aliphatic heterocycles. The van der Waals surface area contributed by atoms with Gasteiger partial charge in [0.2, 0.25) is 0 Å². The molecular weight excluding hydrogens is 424 g/mol. The molecule has 2 aromatic carbocycles. The minimum absolute atomic E-state index is 0.310. The summed E-state index contributed by atoms with van der Waals surface area (Å²) in [5.74, 6) is 0. The Morgan fingerprint density at radius 1 is 1.15 bits per heavy atom. The number of aromatic nitrogens is 1. The number of nitrogens with zero attached hydrogens (tertiary/aromatic N) is 1. The quantitative estimate of drug-likeness (QED) is 0.366. The van der Waals surface area contributed by atoms with Gasteiger partial charge in [-0.1, -0.05) is 41.4 Å². The van der Waals surface area contributed by atoms with Crippen LogP contribution in [0.1, 0.15) is 18.9 Å². The molecule has 2 aromatic heterocycles. The van der Waals surface area contributed by atoms with Crippen LogP contribution in [0.5, 0.6) is 0 Å². The molecule has 4 rings (SSSR count). The molecule has 27 heavy (non-hydrogen) atoms. The first kappa shape index (κ1) is 17.9. The van der Waals surface area contributed by atoms with Crippen LogP contribution < -0.4 is 10.9 Å². The molecule has 0 spiro atoms. The Hall–Kier alpha value is -2.44. The monoisotopic (exact) mass is 440 g/mol. The molecule has 0 saturated heterocycles. The fourth-order valence-corrected chi connectivity index (χ4v) is 4.00. The third-order valence-corrected chi connectivity index (χ3v) is 5.53. The van der Waals surface area contributed by atoms with E-state index in [0.29, 0.717) is 5.58 Å². The van der Waals surface area contributed by atoms with E-state index in [4.69, 9.17) is 4.42 Å². The maximum Gasteiger partial charge on any atom is 0.336 e. The number of hydrogen-bond acceptors (Lipinski definition) is 5. The van der Waals surface area contributed by atoms with Gasteiger partial charge in [0.1, 0.15) is 5.58 Å². The van der Waals surface area contributed by atoms with Crippen molar-refractivity contribution in [2.24, 2.45) is 0 Å². The van der Waals surface area contributed by atoms with Crippen molar-refractivity contribution >= 4 is 49.1 Å². The molecule has 4 nitrogen and oxygen atoms in total. The van der Waals surface area contributed by atoms with E-state index in [0.717, 1.165) is 50.3 Å². The summed E-state index contributed by atoms with van der Waals surface area (Å²) in [4.78, 5) is 16.5. The molecule has 0 atom stereocenters. The molecule has 0 fully saturated rings. The average Bonchev–Trinajstić information content (AvgIpc) is 3.10. The first-order valence-corrected chi connectivity index (χ1v) is 10.3. The van der Waals surface area contributed by atoms with Gasteiger partial charge in [-0.05, 0) is 36.2 Å². The van der Waals surface area contributed by atoms with E-state index in [1.807, 2.05) is 47.8 Å². The fraction of sp³-hybridized carbons (Fsp3) is 0.143. The van der Waals surface area contributed by atoms with E-state index < -0.39 is 0 Å². The number of nitrogens with one attached hydrogen (secondary N) is 1. The Labute approximate surface area is 169 Å². The maximum absolute atomic E-state index is 11.8. The van der Waals surface area contributed by atoms with E-state index in [2.05, 4.69) is 33.2 Å². The molecule has 2 heterocycles. The van der Waals surface area contributed by atoms with Gasteiger partial charge in [-0.15, -0.1) is 11.3 Å². The topological polar surface area (TPSA) is 55.1 Å². The number of aryl methyl sites for hydroxylation is 1. The second-order valence-corrected chi connectivity index (χ2v) is 8.00. The molecule has 0 aliphatic rings. The third-order valence-electron chi connectivity index (χ3n) is 4.24. The van der Waals surface area contributed by atoms with Crippen LogP contribution in [0.2, 0.25) is 0 Å². The first-order chi connectivity index (χ1) is 13.1. The number of fused-ring (bicyclic) bond motifs is 1. The van der Waals surface area contributed by atoms with Crippen molar-refractivity contribution < 1.29 is 4.42 Å². The third kappa shape index (κ3) is 3.96. The molecule has 0 aliphatic carbocycles. The summed E-state index contributed by atoms with van der Waals surface area (Å²) in [6.45, 7) is 2.10. The van der Waals surface area contributed by atoms with Crippen LogP contribution in [-0.4, -0.2) is 4.98 Å². The minimum Gasteiger partial charge on any atom is -0.423 e. The lowest BCUT2D eigenvalue weighted by Gasteiger charge is -2.07.